The van der Waals surface area contributed by atoms with Gasteiger partial charge in [-0.2, -0.15) is 0 Å². The van der Waals surface area contributed by atoms with E-state index in [1.807, 2.05) is 18.4 Å². The molecule has 7 nitrogen and oxygen atoms in total. The molecule has 2 N–H and O–H groups in total. The zero-order valence-electron chi connectivity index (χ0n) is 12.4. The summed E-state index contributed by atoms with van der Waals surface area (Å²) in [4.78, 5) is 19.8. The fourth-order valence-corrected chi connectivity index (χ4v) is 2.64. The van der Waals surface area contributed by atoms with E-state index in [9.17, 15) is 4.79 Å². The van der Waals surface area contributed by atoms with Gasteiger partial charge in [-0.15, -0.1) is 10.2 Å². The highest BCUT2D eigenvalue weighted by Gasteiger charge is 2.22. The molecule has 3 rings (SSSR count). The molecule has 0 saturated carbocycles. The lowest BCUT2D eigenvalue weighted by molar-refractivity contribution is 0.0922. The molecule has 1 amide bonds. The SMILES string of the molecule is Cc1cnc([C@@H](C)NC(=O)c2nnc3n2CCCCC3)[nH]1. The molecule has 112 valence electrons. The van der Waals surface area contributed by atoms with Gasteiger partial charge in [0.1, 0.15) is 11.6 Å². The Hall–Kier alpha value is -2.18. The second-order valence-corrected chi connectivity index (χ2v) is 5.55. The number of aromatic nitrogens is 5. The van der Waals surface area contributed by atoms with E-state index in [-0.39, 0.29) is 11.9 Å². The van der Waals surface area contributed by atoms with E-state index in [1.54, 1.807) is 6.20 Å². The minimum Gasteiger partial charge on any atom is -0.344 e. The van der Waals surface area contributed by atoms with Crippen molar-refractivity contribution in [3.8, 4) is 0 Å². The second kappa shape index (κ2) is 5.67. The number of hydrogen-bond donors (Lipinski definition) is 2. The molecule has 0 saturated heterocycles. The van der Waals surface area contributed by atoms with Crippen LogP contribution in [0.5, 0.6) is 0 Å². The molecule has 0 bridgehead atoms. The van der Waals surface area contributed by atoms with Crippen molar-refractivity contribution in [3.63, 3.8) is 0 Å². The molecular weight excluding hydrogens is 268 g/mol. The summed E-state index contributed by atoms with van der Waals surface area (Å²) in [7, 11) is 0. The Morgan fingerprint density at radius 2 is 2.24 bits per heavy atom. The Bertz CT molecular complexity index is 644. The third-order valence-electron chi connectivity index (χ3n) is 3.79. The highest BCUT2D eigenvalue weighted by Crippen LogP contribution is 2.15. The van der Waals surface area contributed by atoms with E-state index in [0.717, 1.165) is 43.1 Å². The van der Waals surface area contributed by atoms with Gasteiger partial charge in [0, 0.05) is 24.9 Å². The van der Waals surface area contributed by atoms with Gasteiger partial charge in [0.25, 0.3) is 5.91 Å². The number of fused-ring (bicyclic) bond motifs is 1. The number of amides is 1. The van der Waals surface area contributed by atoms with E-state index in [1.165, 1.54) is 6.42 Å². The van der Waals surface area contributed by atoms with Crippen LogP contribution in [0.2, 0.25) is 0 Å². The lowest BCUT2D eigenvalue weighted by Crippen LogP contribution is -2.30. The van der Waals surface area contributed by atoms with E-state index in [2.05, 4.69) is 25.5 Å². The minimum atomic E-state index is -0.197. The molecular formula is C14H20N6O. The molecule has 1 aliphatic heterocycles. The van der Waals surface area contributed by atoms with Crippen molar-refractivity contribution in [2.75, 3.05) is 0 Å². The average Bonchev–Trinajstić information content (AvgIpc) is 2.99. The Morgan fingerprint density at radius 1 is 1.38 bits per heavy atom. The quantitative estimate of drug-likeness (QED) is 0.896. The molecule has 0 fully saturated rings. The van der Waals surface area contributed by atoms with Gasteiger partial charge in [0.05, 0.1) is 6.04 Å². The molecule has 0 radical (unpaired) electrons. The number of hydrogen-bond acceptors (Lipinski definition) is 4. The topological polar surface area (TPSA) is 88.5 Å². The van der Waals surface area contributed by atoms with Crippen LogP contribution < -0.4 is 5.32 Å². The second-order valence-electron chi connectivity index (χ2n) is 5.55. The van der Waals surface area contributed by atoms with Crippen LogP contribution in [0, 0.1) is 6.92 Å². The van der Waals surface area contributed by atoms with Gasteiger partial charge < -0.3 is 14.9 Å². The zero-order valence-corrected chi connectivity index (χ0v) is 12.4. The summed E-state index contributed by atoms with van der Waals surface area (Å²) in [5, 5.41) is 11.1. The molecule has 1 atom stereocenters. The first kappa shape index (κ1) is 13.8. The Labute approximate surface area is 123 Å². The van der Waals surface area contributed by atoms with Crippen LogP contribution in [-0.2, 0) is 13.0 Å². The summed E-state index contributed by atoms with van der Waals surface area (Å²) in [5.41, 5.74) is 0.974. The number of carbonyl (C=O) groups is 1. The lowest BCUT2D eigenvalue weighted by Gasteiger charge is -2.12. The zero-order chi connectivity index (χ0) is 14.8. The monoisotopic (exact) mass is 288 g/mol. The fourth-order valence-electron chi connectivity index (χ4n) is 2.64. The number of aryl methyl sites for hydroxylation is 2. The number of rotatable bonds is 3. The summed E-state index contributed by atoms with van der Waals surface area (Å²) in [5.74, 6) is 1.87. The van der Waals surface area contributed by atoms with Gasteiger partial charge >= 0.3 is 0 Å². The third-order valence-corrected chi connectivity index (χ3v) is 3.79. The molecule has 3 heterocycles. The normalized spacial score (nSPS) is 16.1. The molecule has 0 spiro atoms. The predicted molar refractivity (Wildman–Crippen MR) is 76.8 cm³/mol. The van der Waals surface area contributed by atoms with E-state index in [0.29, 0.717) is 5.82 Å². The summed E-state index contributed by atoms with van der Waals surface area (Å²) in [6.07, 6.45) is 6.00. The van der Waals surface area contributed by atoms with Gasteiger partial charge in [-0.25, -0.2) is 4.98 Å². The van der Waals surface area contributed by atoms with Crippen molar-refractivity contribution in [2.45, 2.75) is 52.1 Å². The number of aromatic amines is 1. The van der Waals surface area contributed by atoms with Gasteiger partial charge in [-0.05, 0) is 26.7 Å². The molecule has 0 aromatic carbocycles. The Kier molecular flexibility index (Phi) is 3.72. The standard InChI is InChI=1S/C14H20N6O/c1-9-8-15-12(16-9)10(2)17-14(21)13-19-18-11-6-4-3-5-7-20(11)13/h8,10H,3-7H2,1-2H3,(H,15,16)(H,17,21)/t10-/m1/s1. The number of H-pyrrole nitrogens is 1. The van der Waals surface area contributed by atoms with Crippen molar-refractivity contribution >= 4 is 5.91 Å². The maximum atomic E-state index is 12.4. The van der Waals surface area contributed by atoms with Crippen molar-refractivity contribution in [2.24, 2.45) is 0 Å². The Balaban J connectivity index is 1.75. The van der Waals surface area contributed by atoms with Crippen molar-refractivity contribution < 1.29 is 4.79 Å². The number of nitrogens with one attached hydrogen (secondary N) is 2. The van der Waals surface area contributed by atoms with E-state index < -0.39 is 0 Å². The molecule has 7 heteroatoms. The molecule has 0 unspecified atom stereocenters. The maximum Gasteiger partial charge on any atom is 0.289 e. The lowest BCUT2D eigenvalue weighted by atomic mass is 10.2. The van der Waals surface area contributed by atoms with E-state index >= 15 is 0 Å². The van der Waals surface area contributed by atoms with Crippen LogP contribution in [0.1, 0.15) is 60.2 Å². The van der Waals surface area contributed by atoms with Crippen molar-refractivity contribution in [3.05, 3.63) is 29.4 Å². The molecule has 1 aliphatic rings. The van der Waals surface area contributed by atoms with E-state index in [4.69, 9.17) is 0 Å². The van der Waals surface area contributed by atoms with Crippen LogP contribution in [0.25, 0.3) is 0 Å². The summed E-state index contributed by atoms with van der Waals surface area (Å²) in [6.45, 7) is 4.65. The third kappa shape index (κ3) is 2.81. The number of nitrogens with zero attached hydrogens (tertiary/aromatic N) is 4. The fraction of sp³-hybridized carbons (Fsp3) is 0.571. The van der Waals surface area contributed by atoms with Gasteiger partial charge in [-0.1, -0.05) is 6.42 Å². The molecule has 2 aromatic heterocycles. The predicted octanol–water partition coefficient (Wildman–Crippen LogP) is 1.53. The highest BCUT2D eigenvalue weighted by molar-refractivity contribution is 5.90. The first-order valence-corrected chi connectivity index (χ1v) is 7.39. The van der Waals surface area contributed by atoms with Gasteiger partial charge in [-0.3, -0.25) is 4.79 Å². The number of imidazole rings is 1. The van der Waals surface area contributed by atoms with Gasteiger partial charge in [0.2, 0.25) is 5.82 Å². The largest absolute Gasteiger partial charge is 0.344 e. The molecule has 0 aliphatic carbocycles. The van der Waals surface area contributed by atoms with Crippen LogP contribution in [0.4, 0.5) is 0 Å². The maximum absolute atomic E-state index is 12.4. The van der Waals surface area contributed by atoms with Crippen LogP contribution >= 0.6 is 0 Å². The smallest absolute Gasteiger partial charge is 0.289 e. The van der Waals surface area contributed by atoms with Crippen LogP contribution in [-0.4, -0.2) is 30.6 Å². The molecule has 21 heavy (non-hydrogen) atoms. The van der Waals surface area contributed by atoms with Crippen molar-refractivity contribution in [1.82, 2.24) is 30.0 Å². The first-order valence-electron chi connectivity index (χ1n) is 7.39. The Morgan fingerprint density at radius 3 is 3.00 bits per heavy atom. The van der Waals surface area contributed by atoms with Crippen molar-refractivity contribution in [1.29, 1.82) is 0 Å². The highest BCUT2D eigenvalue weighted by atomic mass is 16.2. The summed E-state index contributed by atoms with van der Waals surface area (Å²) in [6, 6.07) is -0.190. The minimum absolute atomic E-state index is 0.190. The summed E-state index contributed by atoms with van der Waals surface area (Å²) < 4.78 is 1.95. The van der Waals surface area contributed by atoms with Crippen LogP contribution in [0.15, 0.2) is 6.20 Å². The first-order chi connectivity index (χ1) is 10.1. The summed E-state index contributed by atoms with van der Waals surface area (Å²) >= 11 is 0. The number of carbonyl (C=O) groups excluding carboxylic acids is 1. The molecule has 2 aromatic rings. The average molecular weight is 288 g/mol. The van der Waals surface area contributed by atoms with Gasteiger partial charge in [0.15, 0.2) is 0 Å². The van der Waals surface area contributed by atoms with Crippen LogP contribution in [0.3, 0.4) is 0 Å².